The fourth-order valence-electron chi connectivity index (χ4n) is 4.15. The van der Waals surface area contributed by atoms with E-state index in [9.17, 15) is 4.79 Å². The maximum absolute atomic E-state index is 12.2. The molecule has 2 atom stereocenters. The molecule has 0 saturated carbocycles. The molecule has 0 aliphatic carbocycles. The van der Waals surface area contributed by atoms with Gasteiger partial charge in [0.25, 0.3) is 0 Å². The quantitative estimate of drug-likeness (QED) is 0.826. The Hall–Kier alpha value is -2.21. The van der Waals surface area contributed by atoms with E-state index in [-0.39, 0.29) is 17.9 Å². The van der Waals surface area contributed by atoms with Crippen LogP contribution in [0.25, 0.3) is 0 Å². The second kappa shape index (κ2) is 8.43. The van der Waals surface area contributed by atoms with Crippen LogP contribution < -0.4 is 5.32 Å². The summed E-state index contributed by atoms with van der Waals surface area (Å²) in [5.74, 6) is 2.65. The van der Waals surface area contributed by atoms with Crippen LogP contribution >= 0.6 is 0 Å². The Morgan fingerprint density at radius 3 is 2.71 bits per heavy atom. The monoisotopic (exact) mass is 382 g/mol. The summed E-state index contributed by atoms with van der Waals surface area (Å²) < 4.78 is 6.08. The van der Waals surface area contributed by atoms with Crippen LogP contribution in [0, 0.1) is 5.92 Å². The van der Waals surface area contributed by atoms with Gasteiger partial charge in [-0.3, -0.25) is 4.79 Å². The molecular formula is C22H30N4O2. The Bertz CT molecular complexity index is 783. The molecule has 28 heavy (non-hydrogen) atoms. The van der Waals surface area contributed by atoms with Crippen molar-refractivity contribution >= 4 is 5.91 Å². The number of aromatic nitrogens is 2. The molecule has 1 aromatic heterocycles. The first-order valence-corrected chi connectivity index (χ1v) is 10.5. The van der Waals surface area contributed by atoms with E-state index in [4.69, 9.17) is 4.42 Å². The zero-order valence-electron chi connectivity index (χ0n) is 16.8. The number of nitrogens with one attached hydrogen (secondary N) is 1. The summed E-state index contributed by atoms with van der Waals surface area (Å²) in [6.07, 6.45) is 3.83. The molecule has 0 radical (unpaired) electrons. The molecular weight excluding hydrogens is 352 g/mol. The zero-order valence-corrected chi connectivity index (χ0v) is 16.8. The molecule has 4 rings (SSSR count). The van der Waals surface area contributed by atoms with Gasteiger partial charge in [-0.05, 0) is 37.3 Å². The lowest BCUT2D eigenvalue weighted by molar-refractivity contribution is -0.136. The average Bonchev–Trinajstić information content (AvgIpc) is 3.15. The van der Waals surface area contributed by atoms with Gasteiger partial charge in [-0.1, -0.05) is 44.2 Å². The number of carbonyl (C=O) groups is 1. The van der Waals surface area contributed by atoms with Crippen LogP contribution in [0.4, 0.5) is 0 Å². The van der Waals surface area contributed by atoms with Crippen molar-refractivity contribution < 1.29 is 9.21 Å². The van der Waals surface area contributed by atoms with Crippen molar-refractivity contribution in [3.8, 4) is 0 Å². The molecule has 1 amide bonds. The van der Waals surface area contributed by atoms with E-state index in [2.05, 4.69) is 53.6 Å². The van der Waals surface area contributed by atoms with Gasteiger partial charge in [-0.25, -0.2) is 0 Å². The van der Waals surface area contributed by atoms with Crippen molar-refractivity contribution in [2.75, 3.05) is 19.6 Å². The number of rotatable bonds is 6. The summed E-state index contributed by atoms with van der Waals surface area (Å²) in [4.78, 5) is 14.1. The van der Waals surface area contributed by atoms with Gasteiger partial charge in [0.2, 0.25) is 17.7 Å². The minimum Gasteiger partial charge on any atom is -0.423 e. The summed E-state index contributed by atoms with van der Waals surface area (Å²) in [6.45, 7) is 6.65. The number of likely N-dealkylation sites (tertiary alicyclic amines) is 1. The lowest BCUT2D eigenvalue weighted by atomic mass is 9.85. The maximum atomic E-state index is 12.2. The van der Waals surface area contributed by atoms with Crippen molar-refractivity contribution in [1.29, 1.82) is 0 Å². The van der Waals surface area contributed by atoms with Crippen LogP contribution in [-0.4, -0.2) is 40.6 Å². The molecule has 2 aliphatic rings. The van der Waals surface area contributed by atoms with Crippen LogP contribution in [0.3, 0.4) is 0 Å². The molecule has 2 aromatic rings. The van der Waals surface area contributed by atoms with E-state index >= 15 is 0 Å². The predicted molar refractivity (Wildman–Crippen MR) is 107 cm³/mol. The lowest BCUT2D eigenvalue weighted by Gasteiger charge is -2.37. The molecule has 1 N–H and O–H groups in total. The smallest absolute Gasteiger partial charge is 0.234 e. The summed E-state index contributed by atoms with van der Waals surface area (Å²) in [7, 11) is 0. The van der Waals surface area contributed by atoms with Crippen LogP contribution in [-0.2, 0) is 4.79 Å². The zero-order chi connectivity index (χ0) is 19.5. The fourth-order valence-corrected chi connectivity index (χ4v) is 4.15. The second-order valence-corrected chi connectivity index (χ2v) is 8.50. The van der Waals surface area contributed by atoms with E-state index in [0.717, 1.165) is 25.8 Å². The van der Waals surface area contributed by atoms with Crippen molar-refractivity contribution in [2.45, 2.75) is 57.4 Å². The van der Waals surface area contributed by atoms with E-state index in [1.165, 1.54) is 5.56 Å². The van der Waals surface area contributed by atoms with Gasteiger partial charge < -0.3 is 14.6 Å². The van der Waals surface area contributed by atoms with E-state index in [1.807, 2.05) is 11.0 Å². The first-order valence-electron chi connectivity index (χ1n) is 10.5. The van der Waals surface area contributed by atoms with Gasteiger partial charge >= 0.3 is 0 Å². The average molecular weight is 383 g/mol. The van der Waals surface area contributed by atoms with E-state index < -0.39 is 0 Å². The minimum atomic E-state index is 0.0567. The van der Waals surface area contributed by atoms with Crippen molar-refractivity contribution in [2.24, 2.45) is 5.92 Å². The number of amides is 1. The van der Waals surface area contributed by atoms with Crippen molar-refractivity contribution in [3.63, 3.8) is 0 Å². The highest BCUT2D eigenvalue weighted by Crippen LogP contribution is 2.37. The molecule has 0 unspecified atom stereocenters. The summed E-state index contributed by atoms with van der Waals surface area (Å²) in [5, 5.41) is 12.2. The van der Waals surface area contributed by atoms with Gasteiger partial charge in [-0.15, -0.1) is 10.2 Å². The number of benzene rings is 1. The first kappa shape index (κ1) is 19.1. The van der Waals surface area contributed by atoms with E-state index in [0.29, 0.717) is 43.1 Å². The molecule has 6 heteroatoms. The molecule has 2 fully saturated rings. The van der Waals surface area contributed by atoms with Crippen LogP contribution in [0.5, 0.6) is 0 Å². The van der Waals surface area contributed by atoms with Gasteiger partial charge in [0.1, 0.15) is 0 Å². The fraction of sp³-hybridized carbons (Fsp3) is 0.591. The topological polar surface area (TPSA) is 71.3 Å². The Labute approximate surface area is 166 Å². The van der Waals surface area contributed by atoms with Crippen LogP contribution in [0.1, 0.15) is 74.8 Å². The molecule has 6 nitrogen and oxygen atoms in total. The van der Waals surface area contributed by atoms with Gasteiger partial charge in [0, 0.05) is 25.4 Å². The Balaban J connectivity index is 1.38. The van der Waals surface area contributed by atoms with Crippen molar-refractivity contribution in [1.82, 2.24) is 20.4 Å². The van der Waals surface area contributed by atoms with E-state index in [1.54, 1.807) is 0 Å². The highest BCUT2D eigenvalue weighted by molar-refractivity contribution is 5.77. The molecule has 2 aliphatic heterocycles. The Morgan fingerprint density at radius 2 is 1.96 bits per heavy atom. The molecule has 150 valence electrons. The second-order valence-electron chi connectivity index (χ2n) is 8.50. The first-order chi connectivity index (χ1) is 13.6. The molecule has 0 bridgehead atoms. The Kier molecular flexibility index (Phi) is 5.76. The minimum absolute atomic E-state index is 0.0567. The third-order valence-corrected chi connectivity index (χ3v) is 5.93. The number of hydrogen-bond acceptors (Lipinski definition) is 5. The number of nitrogens with zero attached hydrogens (tertiary/aromatic N) is 3. The van der Waals surface area contributed by atoms with Crippen LogP contribution in [0.2, 0.25) is 0 Å². The predicted octanol–water partition coefficient (Wildman–Crippen LogP) is 3.64. The number of piperidine rings is 1. The van der Waals surface area contributed by atoms with Crippen molar-refractivity contribution in [3.05, 3.63) is 47.7 Å². The third kappa shape index (κ3) is 4.12. The maximum Gasteiger partial charge on any atom is 0.234 e. The summed E-state index contributed by atoms with van der Waals surface area (Å²) in [5.41, 5.74) is 1.31. The normalized spacial score (nSPS) is 23.0. The van der Waals surface area contributed by atoms with Crippen LogP contribution in [0.15, 0.2) is 34.7 Å². The Morgan fingerprint density at radius 1 is 1.21 bits per heavy atom. The highest BCUT2D eigenvalue weighted by atomic mass is 16.4. The highest BCUT2D eigenvalue weighted by Gasteiger charge is 2.37. The molecule has 2 saturated heterocycles. The van der Waals surface area contributed by atoms with Gasteiger partial charge in [0.15, 0.2) is 0 Å². The molecule has 0 spiro atoms. The van der Waals surface area contributed by atoms with Gasteiger partial charge in [-0.2, -0.15) is 0 Å². The molecule has 1 aromatic carbocycles. The van der Waals surface area contributed by atoms with Gasteiger partial charge in [0.05, 0.1) is 12.0 Å². The third-order valence-electron chi connectivity index (χ3n) is 5.93. The number of hydrogen-bond donors (Lipinski definition) is 1. The standard InChI is InChI=1S/C22H30N4O2/c1-15(2)10-11-19(27)26-13-17(14-26)21-24-25-22(28-21)20-18(9-6-12-23-20)16-7-4-3-5-8-16/h3-5,7-8,15,17-18,20,23H,6,9-14H2,1-2H3/t18-,20-/m1/s1. The summed E-state index contributed by atoms with van der Waals surface area (Å²) in [6, 6.07) is 10.6. The number of carbonyl (C=O) groups excluding carboxylic acids is 1. The lowest BCUT2D eigenvalue weighted by Crippen LogP contribution is -2.48. The SMILES string of the molecule is CC(C)CCC(=O)N1CC(c2nnc([C@@H]3NCCC[C@@H]3c3ccccc3)o2)C1. The largest absolute Gasteiger partial charge is 0.423 e. The molecule has 3 heterocycles. The summed E-state index contributed by atoms with van der Waals surface area (Å²) >= 11 is 0.